The van der Waals surface area contributed by atoms with E-state index in [1.54, 1.807) is 0 Å². The van der Waals surface area contributed by atoms with Crippen LogP contribution in [0.25, 0.3) is 0 Å². The van der Waals surface area contributed by atoms with Crippen LogP contribution in [-0.2, 0) is 18.9 Å². The van der Waals surface area contributed by atoms with E-state index in [0.29, 0.717) is 77.1 Å². The van der Waals surface area contributed by atoms with Gasteiger partial charge in [-0.25, -0.2) is 4.79 Å². The molecule has 2 rings (SSSR count). The molecule has 26 heavy (non-hydrogen) atoms. The molecule has 2 aliphatic rings. The third kappa shape index (κ3) is 8.37. The number of hydrogen-bond acceptors (Lipinski definition) is 6. The van der Waals surface area contributed by atoms with E-state index >= 15 is 0 Å². The number of nitrogens with one attached hydrogen (secondary N) is 1. The maximum absolute atomic E-state index is 11.7. The lowest BCUT2D eigenvalue weighted by Gasteiger charge is -2.08. The van der Waals surface area contributed by atoms with Crippen molar-refractivity contribution in [3.05, 3.63) is 0 Å². The Hall–Kier alpha value is -1.33. The average molecular weight is 368 g/mol. The largest absolute Gasteiger partial charge is 0.449 e. The van der Waals surface area contributed by atoms with E-state index in [2.05, 4.69) is 17.2 Å². The van der Waals surface area contributed by atoms with Gasteiger partial charge in [-0.15, -0.1) is 11.8 Å². The molecule has 1 saturated carbocycles. The molecule has 7 nitrogen and oxygen atoms in total. The molecule has 2 aliphatic carbocycles. The van der Waals surface area contributed by atoms with Crippen LogP contribution >= 0.6 is 0 Å². The molecular weight excluding hydrogens is 336 g/mol. The number of ether oxygens (including phenoxy) is 4. The van der Waals surface area contributed by atoms with E-state index in [0.717, 1.165) is 25.7 Å². The van der Waals surface area contributed by atoms with Gasteiger partial charge in [0.2, 0.25) is 0 Å². The van der Waals surface area contributed by atoms with Gasteiger partial charge in [-0.05, 0) is 30.6 Å². The fourth-order valence-corrected chi connectivity index (χ4v) is 3.36. The Bertz CT molecular complexity index is 445. The molecule has 0 aromatic heterocycles. The third-order valence-corrected chi connectivity index (χ3v) is 4.77. The second kappa shape index (κ2) is 12.9. The average Bonchev–Trinajstić information content (AvgIpc) is 3.27. The number of rotatable bonds is 13. The number of carbonyl (C=O) groups is 1. The van der Waals surface area contributed by atoms with Gasteiger partial charge in [0.25, 0.3) is 0 Å². The van der Waals surface area contributed by atoms with Gasteiger partial charge in [-0.2, -0.15) is 0 Å². The molecule has 3 atom stereocenters. The Labute approximate surface area is 156 Å². The van der Waals surface area contributed by atoms with Crippen molar-refractivity contribution in [3.63, 3.8) is 0 Å². The number of carbonyl (C=O) groups excluding carboxylic acids is 1. The zero-order chi connectivity index (χ0) is 18.5. The number of hydrogen-bond donors (Lipinski definition) is 2. The summed E-state index contributed by atoms with van der Waals surface area (Å²) < 4.78 is 21.2. The number of nitrogens with two attached hydrogens (primary N) is 1. The van der Waals surface area contributed by atoms with Crippen LogP contribution in [-0.4, -0.2) is 65.4 Å². The molecule has 0 saturated heterocycles. The van der Waals surface area contributed by atoms with E-state index in [4.69, 9.17) is 24.7 Å². The zero-order valence-electron chi connectivity index (χ0n) is 15.5. The highest BCUT2D eigenvalue weighted by atomic mass is 16.6. The van der Waals surface area contributed by atoms with Crippen LogP contribution in [0.15, 0.2) is 0 Å². The number of alkyl carbamates (subject to hydrolysis) is 1. The van der Waals surface area contributed by atoms with Crippen molar-refractivity contribution < 1.29 is 23.7 Å². The molecule has 3 N–H and O–H groups in total. The molecule has 1 amide bonds. The summed E-state index contributed by atoms with van der Waals surface area (Å²) in [5, 5.41) is 2.71. The van der Waals surface area contributed by atoms with E-state index < -0.39 is 0 Å². The second-order valence-electron chi connectivity index (χ2n) is 6.57. The van der Waals surface area contributed by atoms with Crippen molar-refractivity contribution >= 4 is 6.09 Å². The third-order valence-electron chi connectivity index (χ3n) is 4.77. The summed E-state index contributed by atoms with van der Waals surface area (Å²) in [6, 6.07) is 0. The molecule has 1 fully saturated rings. The molecule has 0 heterocycles. The van der Waals surface area contributed by atoms with Crippen molar-refractivity contribution in [2.24, 2.45) is 23.5 Å². The smallest absolute Gasteiger partial charge is 0.407 e. The van der Waals surface area contributed by atoms with Crippen molar-refractivity contribution in [2.45, 2.75) is 25.7 Å². The first-order chi connectivity index (χ1) is 12.8. The van der Waals surface area contributed by atoms with Crippen molar-refractivity contribution in [1.82, 2.24) is 5.32 Å². The van der Waals surface area contributed by atoms with Gasteiger partial charge >= 0.3 is 6.09 Å². The minimum atomic E-state index is -0.363. The normalized spacial score (nSPS) is 23.8. The Morgan fingerprint density at radius 2 is 1.50 bits per heavy atom. The summed E-state index contributed by atoms with van der Waals surface area (Å²) >= 11 is 0. The highest BCUT2D eigenvalue weighted by molar-refractivity contribution is 5.67. The molecule has 0 bridgehead atoms. The molecule has 0 radical (unpaired) electrons. The van der Waals surface area contributed by atoms with E-state index in [1.807, 2.05) is 0 Å². The van der Waals surface area contributed by atoms with Crippen molar-refractivity contribution in [2.75, 3.05) is 59.3 Å². The minimum absolute atomic E-state index is 0.363. The lowest BCUT2D eigenvalue weighted by Crippen LogP contribution is -2.29. The molecule has 0 aliphatic heterocycles. The van der Waals surface area contributed by atoms with Gasteiger partial charge in [0.05, 0.1) is 46.2 Å². The number of fused-ring (bicyclic) bond motifs is 1. The van der Waals surface area contributed by atoms with Crippen LogP contribution in [0.2, 0.25) is 0 Å². The van der Waals surface area contributed by atoms with Crippen molar-refractivity contribution in [1.29, 1.82) is 0 Å². The second-order valence-corrected chi connectivity index (χ2v) is 6.57. The molecular formula is C19H32N2O5. The number of amides is 1. The van der Waals surface area contributed by atoms with Gasteiger partial charge < -0.3 is 30.0 Å². The van der Waals surface area contributed by atoms with Crippen molar-refractivity contribution in [3.8, 4) is 11.8 Å². The van der Waals surface area contributed by atoms with Gasteiger partial charge in [-0.1, -0.05) is 0 Å². The van der Waals surface area contributed by atoms with E-state index in [9.17, 15) is 4.79 Å². The predicted octanol–water partition coefficient (Wildman–Crippen LogP) is 1.16. The van der Waals surface area contributed by atoms with Gasteiger partial charge in [0, 0.05) is 25.9 Å². The topological polar surface area (TPSA) is 92.0 Å². The fourth-order valence-electron chi connectivity index (χ4n) is 3.36. The lowest BCUT2D eigenvalue weighted by atomic mass is 10.1. The van der Waals surface area contributed by atoms with E-state index in [1.165, 1.54) is 0 Å². The van der Waals surface area contributed by atoms with Crippen LogP contribution in [0.5, 0.6) is 0 Å². The Morgan fingerprint density at radius 1 is 0.923 bits per heavy atom. The predicted molar refractivity (Wildman–Crippen MR) is 97.6 cm³/mol. The van der Waals surface area contributed by atoms with Crippen LogP contribution in [0.3, 0.4) is 0 Å². The standard InChI is InChI=1S/C19H32N2O5/c20-7-9-23-11-13-25-14-12-24-10-8-21-19(22)26-15-18-16-5-3-1-2-4-6-17(16)18/h16-18H,3-15,20H2,(H,21,22)/t16-,17?,18?/m0/s1. The first kappa shape index (κ1) is 21.0. The summed E-state index contributed by atoms with van der Waals surface area (Å²) in [5.41, 5.74) is 5.30. The summed E-state index contributed by atoms with van der Waals surface area (Å²) in [7, 11) is 0. The summed E-state index contributed by atoms with van der Waals surface area (Å²) in [4.78, 5) is 11.7. The fraction of sp³-hybridized carbons (Fsp3) is 0.842. The first-order valence-electron chi connectivity index (χ1n) is 9.62. The zero-order valence-corrected chi connectivity index (χ0v) is 15.5. The van der Waals surface area contributed by atoms with Gasteiger partial charge in [0.15, 0.2) is 0 Å². The maximum Gasteiger partial charge on any atom is 0.407 e. The maximum atomic E-state index is 11.7. The quantitative estimate of drug-likeness (QED) is 0.374. The van der Waals surface area contributed by atoms with E-state index in [-0.39, 0.29) is 6.09 Å². The minimum Gasteiger partial charge on any atom is -0.449 e. The summed E-state index contributed by atoms with van der Waals surface area (Å²) in [6.07, 6.45) is 3.87. The first-order valence-corrected chi connectivity index (χ1v) is 9.62. The molecule has 148 valence electrons. The Balaban J connectivity index is 1.36. The van der Waals surface area contributed by atoms with Crippen LogP contribution < -0.4 is 11.1 Å². The molecule has 0 spiro atoms. The van der Waals surface area contributed by atoms with Crippen LogP contribution in [0.4, 0.5) is 4.79 Å². The van der Waals surface area contributed by atoms with Crippen LogP contribution in [0, 0.1) is 29.6 Å². The molecule has 7 heteroatoms. The van der Waals surface area contributed by atoms with Gasteiger partial charge in [-0.3, -0.25) is 0 Å². The monoisotopic (exact) mass is 368 g/mol. The molecule has 0 aromatic rings. The lowest BCUT2D eigenvalue weighted by molar-refractivity contribution is 0.0165. The van der Waals surface area contributed by atoms with Crippen LogP contribution in [0.1, 0.15) is 25.7 Å². The summed E-state index contributed by atoms with van der Waals surface area (Å²) in [5.74, 6) is 8.29. The Morgan fingerprint density at radius 3 is 2.12 bits per heavy atom. The highest BCUT2D eigenvalue weighted by Crippen LogP contribution is 2.52. The van der Waals surface area contributed by atoms with Gasteiger partial charge in [0.1, 0.15) is 0 Å². The molecule has 2 unspecified atom stereocenters. The Kier molecular flexibility index (Phi) is 10.4. The SMILES string of the molecule is NCCOCCOCCOCCNC(=O)OCC1C2CCC#CCC[C@@H]21. The highest BCUT2D eigenvalue weighted by Gasteiger charge is 2.49. The summed E-state index contributed by atoms with van der Waals surface area (Å²) in [6.45, 7) is 4.53. The molecule has 0 aromatic carbocycles.